The van der Waals surface area contributed by atoms with Crippen molar-refractivity contribution in [3.63, 3.8) is 0 Å². The molecule has 0 aliphatic carbocycles. The molecule has 4 heteroatoms. The summed E-state index contributed by atoms with van der Waals surface area (Å²) in [5.74, 6) is -0.718. The van der Waals surface area contributed by atoms with Crippen molar-refractivity contribution in [1.29, 1.82) is 0 Å². The second kappa shape index (κ2) is 4.96. The van der Waals surface area contributed by atoms with Gasteiger partial charge >= 0.3 is 5.97 Å². The quantitative estimate of drug-likeness (QED) is 0.786. The lowest BCUT2D eigenvalue weighted by molar-refractivity contribution is -0.145. The molecule has 4 nitrogen and oxygen atoms in total. The number of anilines is 1. The zero-order valence-electron chi connectivity index (χ0n) is 11.2. The maximum Gasteiger partial charge on any atom is 0.311 e. The van der Waals surface area contributed by atoms with Crippen molar-refractivity contribution >= 4 is 28.3 Å². The molecule has 1 amide bonds. The number of hydrogen-bond donors (Lipinski definition) is 0. The number of ether oxygens (including phenoxy) is 1. The van der Waals surface area contributed by atoms with E-state index < -0.39 is 0 Å². The third kappa shape index (κ3) is 2.03. The van der Waals surface area contributed by atoms with Crippen molar-refractivity contribution in [2.45, 2.75) is 6.42 Å². The van der Waals surface area contributed by atoms with E-state index in [-0.39, 0.29) is 24.2 Å². The first kappa shape index (κ1) is 12.7. The van der Waals surface area contributed by atoms with E-state index in [2.05, 4.69) is 0 Å². The number of rotatable bonds is 2. The Morgan fingerprint density at radius 3 is 2.75 bits per heavy atom. The largest absolute Gasteiger partial charge is 0.469 e. The summed E-state index contributed by atoms with van der Waals surface area (Å²) >= 11 is 0. The maximum absolute atomic E-state index is 12.2. The van der Waals surface area contributed by atoms with E-state index in [0.29, 0.717) is 6.54 Å². The van der Waals surface area contributed by atoms with Crippen molar-refractivity contribution in [1.82, 2.24) is 0 Å². The van der Waals surface area contributed by atoms with Gasteiger partial charge < -0.3 is 9.64 Å². The van der Waals surface area contributed by atoms with Crippen LogP contribution in [0.1, 0.15) is 6.42 Å². The van der Waals surface area contributed by atoms with Crippen LogP contribution < -0.4 is 4.90 Å². The minimum absolute atomic E-state index is 0.0308. The SMILES string of the molecule is COC(=O)C1CC(=O)N(c2cccc3ccccc23)C1. The third-order valence-electron chi connectivity index (χ3n) is 3.72. The van der Waals surface area contributed by atoms with Gasteiger partial charge in [0.15, 0.2) is 0 Å². The fourth-order valence-corrected chi connectivity index (χ4v) is 2.71. The molecule has 3 rings (SSSR count). The van der Waals surface area contributed by atoms with Crippen LogP contribution in [0.2, 0.25) is 0 Å². The number of hydrogen-bond acceptors (Lipinski definition) is 3. The standard InChI is InChI=1S/C16H15NO3/c1-20-16(19)12-9-15(18)17(10-12)14-8-4-6-11-5-2-3-7-13(11)14/h2-8,12H,9-10H2,1H3. The normalized spacial score (nSPS) is 18.6. The summed E-state index contributed by atoms with van der Waals surface area (Å²) in [4.78, 5) is 25.5. The Labute approximate surface area is 116 Å². The third-order valence-corrected chi connectivity index (χ3v) is 3.72. The van der Waals surface area contributed by atoms with Gasteiger partial charge in [0.1, 0.15) is 0 Å². The number of fused-ring (bicyclic) bond motifs is 1. The maximum atomic E-state index is 12.2. The van der Waals surface area contributed by atoms with Crippen molar-refractivity contribution in [2.24, 2.45) is 5.92 Å². The summed E-state index contributed by atoms with van der Waals surface area (Å²) in [6, 6.07) is 13.8. The second-order valence-electron chi connectivity index (χ2n) is 4.93. The highest BCUT2D eigenvalue weighted by Crippen LogP contribution is 2.31. The molecule has 0 bridgehead atoms. The first-order valence-electron chi connectivity index (χ1n) is 6.56. The van der Waals surface area contributed by atoms with Gasteiger partial charge in [0.2, 0.25) is 5.91 Å². The Morgan fingerprint density at radius 1 is 1.20 bits per heavy atom. The van der Waals surface area contributed by atoms with Gasteiger partial charge in [-0.1, -0.05) is 36.4 Å². The van der Waals surface area contributed by atoms with E-state index >= 15 is 0 Å². The highest BCUT2D eigenvalue weighted by molar-refractivity contribution is 6.06. The van der Waals surface area contributed by atoms with Crippen LogP contribution >= 0.6 is 0 Å². The topological polar surface area (TPSA) is 46.6 Å². The number of benzene rings is 2. The number of esters is 1. The minimum Gasteiger partial charge on any atom is -0.469 e. The summed E-state index contributed by atoms with van der Waals surface area (Å²) in [7, 11) is 1.35. The van der Waals surface area contributed by atoms with E-state index in [1.54, 1.807) is 4.90 Å². The van der Waals surface area contributed by atoms with Crippen LogP contribution in [-0.4, -0.2) is 25.5 Å². The summed E-state index contributed by atoms with van der Waals surface area (Å²) in [6.07, 6.45) is 0.218. The molecule has 1 fully saturated rings. The Balaban J connectivity index is 2.00. The molecule has 0 aromatic heterocycles. The van der Waals surface area contributed by atoms with Crippen molar-refractivity contribution in [3.8, 4) is 0 Å². The van der Waals surface area contributed by atoms with E-state index in [0.717, 1.165) is 16.5 Å². The van der Waals surface area contributed by atoms with Gasteiger partial charge in [-0.05, 0) is 11.5 Å². The van der Waals surface area contributed by atoms with Gasteiger partial charge in [0, 0.05) is 18.4 Å². The molecule has 0 saturated carbocycles. The highest BCUT2D eigenvalue weighted by atomic mass is 16.5. The predicted octanol–water partition coefficient (Wildman–Crippen LogP) is 2.37. The average molecular weight is 269 g/mol. The van der Waals surface area contributed by atoms with Crippen molar-refractivity contribution < 1.29 is 14.3 Å². The fraction of sp³-hybridized carbons (Fsp3) is 0.250. The molecule has 0 radical (unpaired) electrons. The van der Waals surface area contributed by atoms with Gasteiger partial charge in [-0.15, -0.1) is 0 Å². The zero-order chi connectivity index (χ0) is 14.1. The number of nitrogens with zero attached hydrogens (tertiary/aromatic N) is 1. The van der Waals surface area contributed by atoms with Crippen LogP contribution in [0.3, 0.4) is 0 Å². The lowest BCUT2D eigenvalue weighted by Crippen LogP contribution is -2.26. The molecule has 20 heavy (non-hydrogen) atoms. The molecule has 0 spiro atoms. The predicted molar refractivity (Wildman–Crippen MR) is 76.4 cm³/mol. The van der Waals surface area contributed by atoms with Crippen LogP contribution in [0, 0.1) is 5.92 Å². The van der Waals surface area contributed by atoms with Crippen molar-refractivity contribution in [2.75, 3.05) is 18.6 Å². The molecular formula is C16H15NO3. The average Bonchev–Trinajstić information content (AvgIpc) is 2.87. The molecule has 2 aromatic rings. The molecule has 1 aliphatic heterocycles. The van der Waals surface area contributed by atoms with Crippen LogP contribution in [0.25, 0.3) is 10.8 Å². The van der Waals surface area contributed by atoms with Crippen LogP contribution in [0.15, 0.2) is 42.5 Å². The fourth-order valence-electron chi connectivity index (χ4n) is 2.71. The second-order valence-corrected chi connectivity index (χ2v) is 4.93. The lowest BCUT2D eigenvalue weighted by atomic mass is 10.1. The molecule has 1 heterocycles. The Hall–Kier alpha value is -2.36. The summed E-state index contributed by atoms with van der Waals surface area (Å²) in [6.45, 7) is 0.388. The van der Waals surface area contributed by atoms with Crippen LogP contribution in [0.4, 0.5) is 5.69 Å². The van der Waals surface area contributed by atoms with Gasteiger partial charge in [0.05, 0.1) is 18.7 Å². The molecule has 1 unspecified atom stereocenters. The molecular weight excluding hydrogens is 254 g/mol. The minimum atomic E-state index is -0.369. The van der Waals surface area contributed by atoms with Gasteiger partial charge in [-0.25, -0.2) is 0 Å². The zero-order valence-corrected chi connectivity index (χ0v) is 11.2. The van der Waals surface area contributed by atoms with E-state index in [9.17, 15) is 9.59 Å². The highest BCUT2D eigenvalue weighted by Gasteiger charge is 2.36. The Morgan fingerprint density at radius 2 is 1.95 bits per heavy atom. The Bertz CT molecular complexity index is 675. The summed E-state index contributed by atoms with van der Waals surface area (Å²) in [5, 5.41) is 2.10. The first-order chi connectivity index (χ1) is 9.70. The molecule has 0 N–H and O–H groups in total. The van der Waals surface area contributed by atoms with Gasteiger partial charge in [0.25, 0.3) is 0 Å². The molecule has 2 aromatic carbocycles. The van der Waals surface area contributed by atoms with E-state index in [1.807, 2.05) is 42.5 Å². The smallest absolute Gasteiger partial charge is 0.311 e. The molecule has 1 aliphatic rings. The summed E-state index contributed by atoms with van der Waals surface area (Å²) in [5.41, 5.74) is 0.861. The number of amides is 1. The molecule has 102 valence electrons. The van der Waals surface area contributed by atoms with Crippen LogP contribution in [-0.2, 0) is 14.3 Å². The molecule has 1 atom stereocenters. The van der Waals surface area contributed by atoms with E-state index in [4.69, 9.17) is 4.74 Å². The molecule has 1 saturated heterocycles. The Kier molecular flexibility index (Phi) is 3.14. The van der Waals surface area contributed by atoms with Crippen LogP contribution in [0.5, 0.6) is 0 Å². The monoisotopic (exact) mass is 269 g/mol. The summed E-state index contributed by atoms with van der Waals surface area (Å²) < 4.78 is 4.74. The number of methoxy groups -OCH3 is 1. The van der Waals surface area contributed by atoms with Gasteiger partial charge in [-0.3, -0.25) is 9.59 Å². The van der Waals surface area contributed by atoms with Gasteiger partial charge in [-0.2, -0.15) is 0 Å². The lowest BCUT2D eigenvalue weighted by Gasteiger charge is -2.18. The number of carbonyl (C=O) groups is 2. The number of carbonyl (C=O) groups excluding carboxylic acids is 2. The van der Waals surface area contributed by atoms with E-state index in [1.165, 1.54) is 7.11 Å². The first-order valence-corrected chi connectivity index (χ1v) is 6.56. The van der Waals surface area contributed by atoms with Crippen molar-refractivity contribution in [3.05, 3.63) is 42.5 Å².